The largest absolute Gasteiger partial charge is 0.573 e. The highest BCUT2D eigenvalue weighted by Gasteiger charge is 2.31. The minimum absolute atomic E-state index is 0.00158. The molecule has 0 aliphatic carbocycles. The molecular weight excluding hydrogens is 481 g/mol. The van der Waals surface area contributed by atoms with Gasteiger partial charge < -0.3 is 19.5 Å². The smallest absolute Gasteiger partial charge is 0.481 e. The summed E-state index contributed by atoms with van der Waals surface area (Å²) in [5.74, 6) is -2.61. The van der Waals surface area contributed by atoms with Gasteiger partial charge in [-0.15, -0.1) is 13.2 Å². The second-order valence-electron chi connectivity index (χ2n) is 8.30. The van der Waals surface area contributed by atoms with E-state index in [1.807, 2.05) is 0 Å². The summed E-state index contributed by atoms with van der Waals surface area (Å²) in [4.78, 5) is 35.3. The molecule has 2 unspecified atom stereocenters. The Kier molecular flexibility index (Phi) is 8.36. The van der Waals surface area contributed by atoms with Crippen LogP contribution in [-0.2, 0) is 24.8 Å². The van der Waals surface area contributed by atoms with Crippen molar-refractivity contribution in [3.63, 3.8) is 0 Å². The topological polar surface area (TPSA) is 111 Å². The van der Waals surface area contributed by atoms with E-state index in [-0.39, 0.29) is 25.1 Å². The summed E-state index contributed by atoms with van der Waals surface area (Å²) in [6.07, 6.45) is -4.06. The molecule has 0 radical (unpaired) electrons. The number of aryl methyl sites for hydroxylation is 2. The normalized spacial score (nSPS) is 13.2. The highest BCUT2D eigenvalue weighted by Crippen LogP contribution is 2.27. The van der Waals surface area contributed by atoms with Crippen LogP contribution in [-0.4, -0.2) is 37.8 Å². The highest BCUT2D eigenvalue weighted by molar-refractivity contribution is 5.70. The lowest BCUT2D eigenvalue weighted by atomic mass is 9.93. The molecule has 192 valence electrons. The Balaban J connectivity index is 1.58. The van der Waals surface area contributed by atoms with Gasteiger partial charge in [-0.1, -0.05) is 36.4 Å². The minimum Gasteiger partial charge on any atom is -0.481 e. The van der Waals surface area contributed by atoms with Crippen LogP contribution in [0.1, 0.15) is 18.4 Å². The molecule has 0 aliphatic heterocycles. The van der Waals surface area contributed by atoms with Crippen LogP contribution in [0, 0.1) is 5.92 Å². The maximum atomic E-state index is 12.3. The van der Waals surface area contributed by atoms with Crippen molar-refractivity contribution in [3.05, 3.63) is 87.2 Å². The zero-order chi connectivity index (χ0) is 26.5. The van der Waals surface area contributed by atoms with Crippen molar-refractivity contribution in [1.82, 2.24) is 9.13 Å². The first-order valence-corrected chi connectivity index (χ1v) is 11.1. The van der Waals surface area contributed by atoms with Crippen LogP contribution in [0.4, 0.5) is 13.2 Å². The van der Waals surface area contributed by atoms with Gasteiger partial charge in [0.05, 0.1) is 12.0 Å². The van der Waals surface area contributed by atoms with Crippen molar-refractivity contribution >= 4 is 5.97 Å². The van der Waals surface area contributed by atoms with Gasteiger partial charge in [-0.05, 0) is 48.1 Å². The predicted octanol–water partition coefficient (Wildman–Crippen LogP) is 3.20. The maximum Gasteiger partial charge on any atom is 0.573 e. The number of carboxylic acid groups (broad SMARTS) is 1. The molecule has 3 aromatic rings. The molecule has 2 atom stereocenters. The van der Waals surface area contributed by atoms with Crippen molar-refractivity contribution in [2.24, 2.45) is 13.0 Å². The number of nitrogens with zero attached hydrogens (tertiary/aromatic N) is 2. The standard InChI is InChI=1S/C25H25F3N2O6/c1-29-22(32)13-15-30(24(29)35)14-12-20(23(33)34)21(31)11-4-16-2-5-17(6-3-16)18-7-9-19(10-8-18)36-25(26,27)28/h2-3,5-10,13,15,20-21,31H,4,11-12,14H2,1H3,(H,33,34). The van der Waals surface area contributed by atoms with E-state index >= 15 is 0 Å². The number of aliphatic hydroxyl groups is 1. The lowest BCUT2D eigenvalue weighted by Crippen LogP contribution is -2.38. The average Bonchev–Trinajstić information content (AvgIpc) is 2.82. The Morgan fingerprint density at radius 1 is 0.972 bits per heavy atom. The number of aromatic nitrogens is 2. The SMILES string of the molecule is Cn1c(=O)ccn(CCC(C(=O)O)C(O)CCc2ccc(-c3ccc(OC(F)(F)F)cc3)cc2)c1=O. The van der Waals surface area contributed by atoms with Gasteiger partial charge in [0.1, 0.15) is 5.75 Å². The van der Waals surface area contributed by atoms with Crippen LogP contribution < -0.4 is 16.0 Å². The number of halogens is 3. The molecule has 0 amide bonds. The van der Waals surface area contributed by atoms with Crippen LogP contribution in [0.2, 0.25) is 0 Å². The lowest BCUT2D eigenvalue weighted by Gasteiger charge is -2.20. The summed E-state index contributed by atoms with van der Waals surface area (Å²) >= 11 is 0. The van der Waals surface area contributed by atoms with Crippen molar-refractivity contribution < 1.29 is 32.9 Å². The molecule has 1 heterocycles. The monoisotopic (exact) mass is 506 g/mol. The first-order valence-electron chi connectivity index (χ1n) is 11.1. The Labute approximate surface area is 203 Å². The number of alkyl halides is 3. The van der Waals surface area contributed by atoms with Crippen LogP contribution in [0.25, 0.3) is 11.1 Å². The summed E-state index contributed by atoms with van der Waals surface area (Å²) < 4.78 is 42.9. The highest BCUT2D eigenvalue weighted by atomic mass is 19.4. The Bertz CT molecular complexity index is 1300. The molecule has 0 bridgehead atoms. The maximum absolute atomic E-state index is 12.3. The number of hydrogen-bond acceptors (Lipinski definition) is 5. The number of aliphatic hydroxyl groups excluding tert-OH is 1. The fourth-order valence-corrected chi connectivity index (χ4v) is 3.77. The summed E-state index contributed by atoms with van der Waals surface area (Å²) in [7, 11) is 1.33. The Morgan fingerprint density at radius 2 is 1.56 bits per heavy atom. The number of benzene rings is 2. The molecule has 1 aromatic heterocycles. The van der Waals surface area contributed by atoms with Crippen molar-refractivity contribution in [3.8, 4) is 16.9 Å². The zero-order valence-electron chi connectivity index (χ0n) is 19.3. The third-order valence-electron chi connectivity index (χ3n) is 5.83. The number of carbonyl (C=O) groups is 1. The predicted molar refractivity (Wildman–Crippen MR) is 125 cm³/mol. The fourth-order valence-electron chi connectivity index (χ4n) is 3.77. The van der Waals surface area contributed by atoms with Gasteiger partial charge in [0.25, 0.3) is 5.56 Å². The summed E-state index contributed by atoms with van der Waals surface area (Å²) in [6, 6.07) is 13.8. The number of ether oxygens (including phenoxy) is 1. The Hall–Kier alpha value is -3.86. The van der Waals surface area contributed by atoms with Crippen LogP contribution in [0.5, 0.6) is 5.75 Å². The van der Waals surface area contributed by atoms with Crippen LogP contribution in [0.15, 0.2) is 70.4 Å². The molecule has 36 heavy (non-hydrogen) atoms. The van der Waals surface area contributed by atoms with Gasteiger partial charge in [-0.2, -0.15) is 0 Å². The average molecular weight is 506 g/mol. The van der Waals surface area contributed by atoms with Gasteiger partial charge in [-0.3, -0.25) is 14.2 Å². The van der Waals surface area contributed by atoms with Gasteiger partial charge in [0.2, 0.25) is 0 Å². The van der Waals surface area contributed by atoms with Crippen molar-refractivity contribution in [2.45, 2.75) is 38.3 Å². The number of aliphatic carboxylic acids is 1. The lowest BCUT2D eigenvalue weighted by molar-refractivity contribution is -0.274. The molecule has 2 aromatic carbocycles. The molecule has 0 saturated heterocycles. The quantitative estimate of drug-likeness (QED) is 0.437. The van der Waals surface area contributed by atoms with E-state index in [1.54, 1.807) is 24.3 Å². The molecule has 0 spiro atoms. The first-order chi connectivity index (χ1) is 16.9. The van der Waals surface area contributed by atoms with E-state index in [1.165, 1.54) is 48.1 Å². The molecule has 3 rings (SSSR count). The number of rotatable bonds is 10. The van der Waals surface area contributed by atoms with E-state index in [4.69, 9.17) is 0 Å². The number of carboxylic acids is 1. The van der Waals surface area contributed by atoms with E-state index in [9.17, 15) is 37.8 Å². The van der Waals surface area contributed by atoms with E-state index < -0.39 is 35.6 Å². The third kappa shape index (κ3) is 7.08. The summed E-state index contributed by atoms with van der Waals surface area (Å²) in [5, 5.41) is 20.1. The van der Waals surface area contributed by atoms with Gasteiger partial charge in [0.15, 0.2) is 0 Å². The van der Waals surface area contributed by atoms with Crippen LogP contribution in [0.3, 0.4) is 0 Å². The first kappa shape index (κ1) is 26.7. The zero-order valence-corrected chi connectivity index (χ0v) is 19.3. The van der Waals surface area contributed by atoms with E-state index in [0.717, 1.165) is 15.7 Å². The third-order valence-corrected chi connectivity index (χ3v) is 5.83. The number of hydrogen-bond donors (Lipinski definition) is 2. The molecule has 2 N–H and O–H groups in total. The van der Waals surface area contributed by atoms with Gasteiger partial charge in [-0.25, -0.2) is 4.79 Å². The molecule has 11 heteroatoms. The molecule has 0 fully saturated rings. The Morgan fingerprint density at radius 3 is 2.11 bits per heavy atom. The molecule has 0 aliphatic rings. The molecule has 0 saturated carbocycles. The van der Waals surface area contributed by atoms with Crippen molar-refractivity contribution in [2.75, 3.05) is 0 Å². The van der Waals surface area contributed by atoms with Crippen molar-refractivity contribution in [1.29, 1.82) is 0 Å². The second-order valence-corrected chi connectivity index (χ2v) is 8.30. The minimum atomic E-state index is -4.76. The summed E-state index contributed by atoms with van der Waals surface area (Å²) in [6.45, 7) is 0.0302. The molecule has 8 nitrogen and oxygen atoms in total. The van der Waals surface area contributed by atoms with E-state index in [0.29, 0.717) is 12.0 Å². The fraction of sp³-hybridized carbons (Fsp3) is 0.320. The van der Waals surface area contributed by atoms with Gasteiger partial charge >= 0.3 is 18.0 Å². The molecular formula is C25H25F3N2O6. The second kappa shape index (κ2) is 11.3. The van der Waals surface area contributed by atoms with Gasteiger partial charge in [0, 0.05) is 25.9 Å². The van der Waals surface area contributed by atoms with Crippen LogP contribution >= 0.6 is 0 Å². The summed E-state index contributed by atoms with van der Waals surface area (Å²) in [5.41, 5.74) is 1.27. The van der Waals surface area contributed by atoms with E-state index in [2.05, 4.69) is 4.74 Å².